The number of benzene rings is 1. The monoisotopic (exact) mass is 224 g/mol. The van der Waals surface area contributed by atoms with Crippen LogP contribution in [-0.2, 0) is 6.42 Å². The predicted molar refractivity (Wildman–Crippen MR) is 63.4 cm³/mol. The first kappa shape index (κ1) is 10.8. The molecule has 0 heterocycles. The Labute approximate surface area is 96.1 Å². The highest BCUT2D eigenvalue weighted by atomic mass is 35.5. The van der Waals surface area contributed by atoms with E-state index in [-0.39, 0.29) is 5.41 Å². The maximum Gasteiger partial charge on any atom is 0.115 e. The summed E-state index contributed by atoms with van der Waals surface area (Å²) in [5, 5.41) is 9.40. The Hall–Kier alpha value is -0.690. The van der Waals surface area contributed by atoms with Crippen molar-refractivity contribution >= 4 is 11.6 Å². The molecule has 1 saturated carbocycles. The second kappa shape index (κ2) is 4.05. The van der Waals surface area contributed by atoms with Crippen molar-refractivity contribution in [1.29, 1.82) is 0 Å². The Bertz CT molecular complexity index is 346. The van der Waals surface area contributed by atoms with Crippen molar-refractivity contribution in [2.45, 2.75) is 26.2 Å². The molecular weight excluding hydrogens is 208 g/mol. The second-order valence-electron chi connectivity index (χ2n) is 4.91. The summed E-state index contributed by atoms with van der Waals surface area (Å²) < 4.78 is 0. The van der Waals surface area contributed by atoms with Gasteiger partial charge in [0.15, 0.2) is 0 Å². The summed E-state index contributed by atoms with van der Waals surface area (Å²) >= 11 is 6.07. The van der Waals surface area contributed by atoms with Crippen molar-refractivity contribution in [3.05, 3.63) is 29.8 Å². The third kappa shape index (κ3) is 2.46. The van der Waals surface area contributed by atoms with Gasteiger partial charge in [0.1, 0.15) is 5.75 Å². The third-order valence-electron chi connectivity index (χ3n) is 3.39. The summed E-state index contributed by atoms with van der Waals surface area (Å²) in [6, 6.07) is 7.50. The number of aromatic hydroxyl groups is 1. The minimum absolute atomic E-state index is 0.204. The summed E-state index contributed by atoms with van der Waals surface area (Å²) in [5.41, 5.74) is 1.39. The number of phenolic OH excluding ortho intramolecular Hbond substituents is 1. The molecule has 1 aromatic rings. The Morgan fingerprint density at radius 1 is 1.47 bits per heavy atom. The van der Waals surface area contributed by atoms with Gasteiger partial charge in [-0.3, -0.25) is 0 Å². The zero-order valence-corrected chi connectivity index (χ0v) is 9.80. The van der Waals surface area contributed by atoms with Gasteiger partial charge in [0, 0.05) is 5.88 Å². The van der Waals surface area contributed by atoms with Crippen LogP contribution >= 0.6 is 11.6 Å². The number of phenols is 1. The molecule has 1 fully saturated rings. The Morgan fingerprint density at radius 3 is 2.73 bits per heavy atom. The summed E-state index contributed by atoms with van der Waals surface area (Å²) in [6.45, 7) is 2.25. The van der Waals surface area contributed by atoms with E-state index in [2.05, 4.69) is 13.0 Å². The molecule has 0 amide bonds. The number of rotatable bonds is 4. The number of alkyl halides is 1. The zero-order chi connectivity index (χ0) is 10.9. The van der Waals surface area contributed by atoms with E-state index in [0.717, 1.165) is 12.3 Å². The molecule has 1 unspecified atom stereocenters. The van der Waals surface area contributed by atoms with Crippen molar-refractivity contribution in [1.82, 2.24) is 0 Å². The van der Waals surface area contributed by atoms with Gasteiger partial charge in [-0.15, -0.1) is 11.6 Å². The molecule has 82 valence electrons. The van der Waals surface area contributed by atoms with Gasteiger partial charge in [-0.1, -0.05) is 19.1 Å². The summed E-state index contributed by atoms with van der Waals surface area (Å²) in [4.78, 5) is 0. The Kier molecular flexibility index (Phi) is 2.92. The topological polar surface area (TPSA) is 20.2 Å². The summed E-state index contributed by atoms with van der Waals surface area (Å²) in [6.07, 6.45) is 3.58. The van der Waals surface area contributed by atoms with Crippen LogP contribution in [0.15, 0.2) is 24.3 Å². The van der Waals surface area contributed by atoms with Gasteiger partial charge >= 0.3 is 0 Å². The van der Waals surface area contributed by atoms with Gasteiger partial charge < -0.3 is 5.11 Å². The van der Waals surface area contributed by atoms with Crippen LogP contribution in [-0.4, -0.2) is 11.0 Å². The van der Waals surface area contributed by atoms with Crippen molar-refractivity contribution in [2.75, 3.05) is 5.88 Å². The average molecular weight is 225 g/mol. The lowest BCUT2D eigenvalue weighted by atomic mass is 9.81. The van der Waals surface area contributed by atoms with Crippen LogP contribution in [0.25, 0.3) is 0 Å². The molecule has 2 rings (SSSR count). The Morgan fingerprint density at radius 2 is 2.20 bits per heavy atom. The van der Waals surface area contributed by atoms with Gasteiger partial charge in [0.05, 0.1) is 0 Å². The molecule has 2 heteroatoms. The summed E-state index contributed by atoms with van der Waals surface area (Å²) in [5.74, 6) is 1.82. The van der Waals surface area contributed by atoms with E-state index in [1.165, 1.54) is 18.4 Å². The van der Waals surface area contributed by atoms with Crippen molar-refractivity contribution in [2.24, 2.45) is 11.3 Å². The van der Waals surface area contributed by atoms with E-state index in [9.17, 15) is 5.11 Å². The molecule has 0 spiro atoms. The van der Waals surface area contributed by atoms with Gasteiger partial charge in [-0.05, 0) is 48.3 Å². The zero-order valence-electron chi connectivity index (χ0n) is 9.04. The minimum atomic E-state index is 0.204. The van der Waals surface area contributed by atoms with E-state index in [0.29, 0.717) is 11.6 Å². The average Bonchev–Trinajstić information content (AvgIpc) is 3.01. The number of hydrogen-bond donors (Lipinski definition) is 1. The van der Waals surface area contributed by atoms with Crippen molar-refractivity contribution in [3.8, 4) is 5.75 Å². The highest BCUT2D eigenvalue weighted by molar-refractivity contribution is 6.18. The van der Waals surface area contributed by atoms with E-state index in [1.807, 2.05) is 12.1 Å². The third-order valence-corrected chi connectivity index (χ3v) is 4.00. The smallest absolute Gasteiger partial charge is 0.115 e. The fourth-order valence-corrected chi connectivity index (χ4v) is 2.53. The molecule has 0 aromatic heterocycles. The normalized spacial score (nSPS) is 19.9. The molecule has 0 aliphatic heterocycles. The molecule has 1 aromatic carbocycles. The van der Waals surface area contributed by atoms with Crippen LogP contribution < -0.4 is 0 Å². The van der Waals surface area contributed by atoms with Gasteiger partial charge in [0.25, 0.3) is 0 Å². The SMILES string of the molecule is CC(CCl)(Cc1cccc(O)c1)C1CC1. The van der Waals surface area contributed by atoms with Gasteiger partial charge in [-0.2, -0.15) is 0 Å². The number of hydrogen-bond acceptors (Lipinski definition) is 1. The molecular formula is C13H17ClO. The standard InChI is InChI=1S/C13H17ClO/c1-13(9-14,11-5-6-11)8-10-3-2-4-12(15)7-10/h2-4,7,11,15H,5-6,8-9H2,1H3. The largest absolute Gasteiger partial charge is 0.508 e. The van der Waals surface area contributed by atoms with Gasteiger partial charge in [-0.25, -0.2) is 0 Å². The quantitative estimate of drug-likeness (QED) is 0.775. The lowest BCUT2D eigenvalue weighted by Crippen LogP contribution is -2.24. The molecule has 1 N–H and O–H groups in total. The van der Waals surface area contributed by atoms with E-state index in [1.54, 1.807) is 6.07 Å². The first-order valence-electron chi connectivity index (χ1n) is 5.48. The van der Waals surface area contributed by atoms with E-state index < -0.39 is 0 Å². The van der Waals surface area contributed by atoms with Crippen LogP contribution in [0.5, 0.6) is 5.75 Å². The van der Waals surface area contributed by atoms with E-state index >= 15 is 0 Å². The second-order valence-corrected chi connectivity index (χ2v) is 5.18. The van der Waals surface area contributed by atoms with Crippen molar-refractivity contribution in [3.63, 3.8) is 0 Å². The van der Waals surface area contributed by atoms with Crippen LogP contribution in [0.2, 0.25) is 0 Å². The molecule has 0 bridgehead atoms. The minimum Gasteiger partial charge on any atom is -0.508 e. The van der Waals surface area contributed by atoms with Crippen molar-refractivity contribution < 1.29 is 5.11 Å². The molecule has 1 nitrogen and oxygen atoms in total. The fourth-order valence-electron chi connectivity index (χ4n) is 2.21. The molecule has 0 radical (unpaired) electrons. The molecule has 1 aliphatic carbocycles. The lowest BCUT2D eigenvalue weighted by molar-refractivity contribution is 0.313. The predicted octanol–water partition coefficient (Wildman–Crippen LogP) is 3.59. The molecule has 0 saturated heterocycles. The molecule has 15 heavy (non-hydrogen) atoms. The molecule has 1 aliphatic rings. The maximum atomic E-state index is 9.40. The molecule has 1 atom stereocenters. The number of halogens is 1. The first-order valence-corrected chi connectivity index (χ1v) is 6.01. The van der Waals surface area contributed by atoms with Crippen LogP contribution in [0.3, 0.4) is 0 Å². The highest BCUT2D eigenvalue weighted by Crippen LogP contribution is 2.48. The van der Waals surface area contributed by atoms with Crippen LogP contribution in [0.4, 0.5) is 0 Å². The lowest BCUT2D eigenvalue weighted by Gasteiger charge is -2.27. The first-order chi connectivity index (χ1) is 7.14. The van der Waals surface area contributed by atoms with Crippen LogP contribution in [0.1, 0.15) is 25.3 Å². The maximum absolute atomic E-state index is 9.40. The van der Waals surface area contributed by atoms with E-state index in [4.69, 9.17) is 11.6 Å². The fraction of sp³-hybridized carbons (Fsp3) is 0.538. The van der Waals surface area contributed by atoms with Gasteiger partial charge in [0.2, 0.25) is 0 Å². The summed E-state index contributed by atoms with van der Waals surface area (Å²) in [7, 11) is 0. The highest BCUT2D eigenvalue weighted by Gasteiger charge is 2.40. The van der Waals surface area contributed by atoms with Crippen LogP contribution in [0, 0.1) is 11.3 Å². The Balaban J connectivity index is 2.12.